The molecule has 0 aliphatic carbocycles. The second-order valence-corrected chi connectivity index (χ2v) is 5.43. The Labute approximate surface area is 121 Å². The number of rotatable bonds is 3. The quantitative estimate of drug-likeness (QED) is 0.875. The second kappa shape index (κ2) is 5.79. The fraction of sp³-hybridized carbons (Fsp3) is 0.278. The topological polar surface area (TPSA) is 35.8 Å². The van der Waals surface area contributed by atoms with Gasteiger partial charge in [-0.25, -0.2) is 0 Å². The van der Waals surface area contributed by atoms with Crippen LogP contribution in [-0.2, 0) is 0 Å². The number of hydrogen-bond donors (Lipinski definition) is 1. The van der Waals surface area contributed by atoms with E-state index >= 15 is 0 Å². The zero-order valence-electron chi connectivity index (χ0n) is 12.5. The van der Waals surface area contributed by atoms with Gasteiger partial charge in [-0.05, 0) is 51.0 Å². The molecule has 1 N–H and O–H groups in total. The molecule has 102 valence electrons. The van der Waals surface area contributed by atoms with Gasteiger partial charge in [-0.1, -0.05) is 35.4 Å². The summed E-state index contributed by atoms with van der Waals surface area (Å²) < 4.78 is 0. The lowest BCUT2D eigenvalue weighted by Crippen LogP contribution is -2.08. The van der Waals surface area contributed by atoms with Crippen LogP contribution < -0.4 is 5.32 Å². The number of aryl methyl sites for hydroxylation is 3. The van der Waals surface area contributed by atoms with Gasteiger partial charge >= 0.3 is 0 Å². The molecule has 0 heterocycles. The molecule has 0 radical (unpaired) electrons. The highest BCUT2D eigenvalue weighted by Gasteiger charge is 2.08. The molecule has 2 aromatic rings. The average Bonchev–Trinajstić information content (AvgIpc) is 2.40. The average molecular weight is 264 g/mol. The van der Waals surface area contributed by atoms with Gasteiger partial charge in [-0.3, -0.25) is 0 Å². The first kappa shape index (κ1) is 14.1. The van der Waals surface area contributed by atoms with Gasteiger partial charge in [0.1, 0.15) is 0 Å². The van der Waals surface area contributed by atoms with Gasteiger partial charge in [0.15, 0.2) is 0 Å². The summed E-state index contributed by atoms with van der Waals surface area (Å²) in [5.41, 5.74) is 6.68. The molecule has 0 aromatic heterocycles. The van der Waals surface area contributed by atoms with Crippen LogP contribution in [0.15, 0.2) is 36.4 Å². The van der Waals surface area contributed by atoms with E-state index in [1.165, 1.54) is 16.7 Å². The molecule has 0 aliphatic heterocycles. The van der Waals surface area contributed by atoms with E-state index in [0.717, 1.165) is 11.3 Å². The summed E-state index contributed by atoms with van der Waals surface area (Å²) in [5, 5.41) is 12.5. The Morgan fingerprint density at radius 1 is 1.00 bits per heavy atom. The molecule has 20 heavy (non-hydrogen) atoms. The summed E-state index contributed by atoms with van der Waals surface area (Å²) in [5.74, 6) is 0. The number of nitriles is 1. The normalized spacial score (nSPS) is 11.8. The minimum atomic E-state index is 0.209. The third-order valence-corrected chi connectivity index (χ3v) is 3.48. The molecular formula is C18H20N2. The summed E-state index contributed by atoms with van der Waals surface area (Å²) in [6, 6.07) is 14.7. The molecule has 0 fully saturated rings. The number of anilines is 1. The van der Waals surface area contributed by atoms with E-state index in [-0.39, 0.29) is 6.04 Å². The van der Waals surface area contributed by atoms with E-state index in [1.807, 2.05) is 18.2 Å². The summed E-state index contributed by atoms with van der Waals surface area (Å²) in [6.07, 6.45) is 0. The third-order valence-electron chi connectivity index (χ3n) is 3.48. The molecule has 1 atom stereocenters. The summed E-state index contributed by atoms with van der Waals surface area (Å²) in [6.45, 7) is 8.43. The van der Waals surface area contributed by atoms with Gasteiger partial charge in [-0.2, -0.15) is 5.26 Å². The first-order valence-corrected chi connectivity index (χ1v) is 6.85. The molecule has 0 spiro atoms. The first-order valence-electron chi connectivity index (χ1n) is 6.85. The Morgan fingerprint density at radius 2 is 1.65 bits per heavy atom. The van der Waals surface area contributed by atoms with Crippen molar-refractivity contribution in [3.05, 3.63) is 64.2 Å². The molecule has 2 aromatic carbocycles. The molecule has 2 rings (SSSR count). The highest BCUT2D eigenvalue weighted by atomic mass is 14.9. The van der Waals surface area contributed by atoms with Gasteiger partial charge < -0.3 is 5.32 Å². The molecule has 2 nitrogen and oxygen atoms in total. The SMILES string of the molecule is Cc1cc(C)cc(C(C)Nc2cc(C#N)ccc2C)c1. The molecule has 0 amide bonds. The summed E-state index contributed by atoms with van der Waals surface area (Å²) >= 11 is 0. The van der Waals surface area contributed by atoms with Gasteiger partial charge in [0.25, 0.3) is 0 Å². The van der Waals surface area contributed by atoms with Crippen LogP contribution in [0.3, 0.4) is 0 Å². The van der Waals surface area contributed by atoms with Crippen molar-refractivity contribution in [1.82, 2.24) is 0 Å². The van der Waals surface area contributed by atoms with Crippen LogP contribution >= 0.6 is 0 Å². The highest BCUT2D eigenvalue weighted by molar-refractivity contribution is 5.56. The van der Waals surface area contributed by atoms with Gasteiger partial charge in [0.05, 0.1) is 11.6 Å². The molecule has 0 saturated carbocycles. The van der Waals surface area contributed by atoms with Crippen molar-refractivity contribution in [3.63, 3.8) is 0 Å². The zero-order chi connectivity index (χ0) is 14.7. The van der Waals surface area contributed by atoms with Crippen molar-refractivity contribution in [2.75, 3.05) is 5.32 Å². The Kier molecular flexibility index (Phi) is 4.10. The van der Waals surface area contributed by atoms with Gasteiger partial charge in [0.2, 0.25) is 0 Å². The Hall–Kier alpha value is -2.27. The standard InChI is InChI=1S/C18H20N2/c1-12-7-13(2)9-17(8-12)15(4)20-18-10-16(11-19)6-5-14(18)3/h5-10,15,20H,1-4H3. The minimum absolute atomic E-state index is 0.209. The van der Waals surface area contributed by atoms with Crippen molar-refractivity contribution >= 4 is 5.69 Å². The Balaban J connectivity index is 2.27. The first-order chi connectivity index (χ1) is 9.49. The zero-order valence-corrected chi connectivity index (χ0v) is 12.5. The van der Waals surface area contributed by atoms with Crippen LogP contribution in [0.4, 0.5) is 5.69 Å². The lowest BCUT2D eigenvalue weighted by atomic mass is 10.0. The Bertz CT molecular complexity index is 645. The van der Waals surface area contributed by atoms with E-state index in [0.29, 0.717) is 5.56 Å². The van der Waals surface area contributed by atoms with E-state index < -0.39 is 0 Å². The monoisotopic (exact) mass is 264 g/mol. The van der Waals surface area contributed by atoms with Crippen molar-refractivity contribution in [3.8, 4) is 6.07 Å². The van der Waals surface area contributed by atoms with E-state index in [9.17, 15) is 0 Å². The summed E-state index contributed by atoms with van der Waals surface area (Å²) in [4.78, 5) is 0. The van der Waals surface area contributed by atoms with E-state index in [2.05, 4.69) is 57.3 Å². The molecule has 2 heteroatoms. The second-order valence-electron chi connectivity index (χ2n) is 5.43. The van der Waals surface area contributed by atoms with Crippen LogP contribution in [0.2, 0.25) is 0 Å². The maximum absolute atomic E-state index is 9.00. The molecular weight excluding hydrogens is 244 g/mol. The fourth-order valence-electron chi connectivity index (χ4n) is 2.42. The predicted molar refractivity (Wildman–Crippen MR) is 83.8 cm³/mol. The van der Waals surface area contributed by atoms with Gasteiger partial charge in [-0.15, -0.1) is 0 Å². The predicted octanol–water partition coefficient (Wildman–Crippen LogP) is 4.66. The van der Waals surface area contributed by atoms with Crippen LogP contribution in [0.25, 0.3) is 0 Å². The van der Waals surface area contributed by atoms with Crippen LogP contribution in [0, 0.1) is 32.1 Å². The minimum Gasteiger partial charge on any atom is -0.378 e. The van der Waals surface area contributed by atoms with Crippen molar-refractivity contribution < 1.29 is 0 Å². The smallest absolute Gasteiger partial charge is 0.0992 e. The summed E-state index contributed by atoms with van der Waals surface area (Å²) in [7, 11) is 0. The molecule has 0 bridgehead atoms. The van der Waals surface area contributed by atoms with Crippen LogP contribution in [-0.4, -0.2) is 0 Å². The number of nitrogens with zero attached hydrogens (tertiary/aromatic N) is 1. The third kappa shape index (κ3) is 3.19. The maximum Gasteiger partial charge on any atom is 0.0992 e. The molecule has 0 aliphatic rings. The van der Waals surface area contributed by atoms with Crippen molar-refractivity contribution in [2.45, 2.75) is 33.7 Å². The van der Waals surface area contributed by atoms with Crippen molar-refractivity contribution in [2.24, 2.45) is 0 Å². The number of nitrogens with one attached hydrogen (secondary N) is 1. The molecule has 1 unspecified atom stereocenters. The van der Waals surface area contributed by atoms with Crippen molar-refractivity contribution in [1.29, 1.82) is 5.26 Å². The number of hydrogen-bond acceptors (Lipinski definition) is 2. The maximum atomic E-state index is 9.00. The van der Waals surface area contributed by atoms with E-state index in [1.54, 1.807) is 0 Å². The van der Waals surface area contributed by atoms with E-state index in [4.69, 9.17) is 5.26 Å². The largest absolute Gasteiger partial charge is 0.378 e. The highest BCUT2D eigenvalue weighted by Crippen LogP contribution is 2.24. The Morgan fingerprint density at radius 3 is 2.25 bits per heavy atom. The fourth-order valence-corrected chi connectivity index (χ4v) is 2.42. The van der Waals surface area contributed by atoms with Gasteiger partial charge in [0, 0.05) is 11.7 Å². The van der Waals surface area contributed by atoms with Crippen LogP contribution in [0.1, 0.15) is 40.8 Å². The number of benzene rings is 2. The van der Waals surface area contributed by atoms with Crippen LogP contribution in [0.5, 0.6) is 0 Å². The lowest BCUT2D eigenvalue weighted by Gasteiger charge is -2.18. The lowest BCUT2D eigenvalue weighted by molar-refractivity contribution is 0.878. The molecule has 0 saturated heterocycles.